The molecule has 0 aliphatic heterocycles. The van der Waals surface area contributed by atoms with Crippen molar-refractivity contribution in [3.8, 4) is 22.8 Å². The highest BCUT2D eigenvalue weighted by Gasteiger charge is 2.18. The van der Waals surface area contributed by atoms with Crippen molar-refractivity contribution in [2.45, 2.75) is 32.5 Å². The maximum absolute atomic E-state index is 12.5. The van der Waals surface area contributed by atoms with Gasteiger partial charge in [0, 0.05) is 17.5 Å². The molecule has 3 aromatic heterocycles. The van der Waals surface area contributed by atoms with E-state index in [1.54, 1.807) is 6.26 Å². The lowest BCUT2D eigenvalue weighted by Crippen LogP contribution is -2.15. The van der Waals surface area contributed by atoms with Crippen molar-refractivity contribution in [1.82, 2.24) is 19.7 Å². The maximum atomic E-state index is 12.5. The van der Waals surface area contributed by atoms with E-state index >= 15 is 0 Å². The zero-order chi connectivity index (χ0) is 21.8. The van der Waals surface area contributed by atoms with Gasteiger partial charge in [-0.25, -0.2) is 4.98 Å². The normalized spacial score (nSPS) is 11.2. The van der Waals surface area contributed by atoms with Gasteiger partial charge in [0.15, 0.2) is 21.9 Å². The van der Waals surface area contributed by atoms with Gasteiger partial charge in [0.1, 0.15) is 0 Å². The summed E-state index contributed by atoms with van der Waals surface area (Å²) in [7, 11) is 0. The predicted molar refractivity (Wildman–Crippen MR) is 124 cm³/mol. The highest BCUT2D eigenvalue weighted by atomic mass is 32.2. The molecule has 0 radical (unpaired) electrons. The minimum atomic E-state index is -0.131. The van der Waals surface area contributed by atoms with E-state index in [1.165, 1.54) is 28.7 Å². The van der Waals surface area contributed by atoms with Gasteiger partial charge in [-0.2, -0.15) is 0 Å². The van der Waals surface area contributed by atoms with Crippen molar-refractivity contribution in [2.75, 3.05) is 11.1 Å². The first-order valence-corrected chi connectivity index (χ1v) is 11.8. The van der Waals surface area contributed by atoms with Gasteiger partial charge in [0.05, 0.1) is 17.7 Å². The molecule has 3 heterocycles. The number of furan rings is 1. The van der Waals surface area contributed by atoms with E-state index in [2.05, 4.69) is 34.3 Å². The van der Waals surface area contributed by atoms with E-state index < -0.39 is 0 Å². The van der Waals surface area contributed by atoms with Crippen LogP contribution < -0.4 is 5.32 Å². The summed E-state index contributed by atoms with van der Waals surface area (Å²) in [5.74, 6) is 1.82. The molecule has 0 fully saturated rings. The van der Waals surface area contributed by atoms with E-state index in [0.717, 1.165) is 17.8 Å². The number of aryl methyl sites for hydroxylation is 1. The number of hydrogen-bond donors (Lipinski definition) is 1. The van der Waals surface area contributed by atoms with Crippen molar-refractivity contribution >= 4 is 34.1 Å². The fourth-order valence-electron chi connectivity index (χ4n) is 2.99. The minimum Gasteiger partial charge on any atom is -0.461 e. The third-order valence-corrected chi connectivity index (χ3v) is 6.16. The first-order valence-electron chi connectivity index (χ1n) is 9.92. The first kappa shape index (κ1) is 21.3. The molecule has 0 spiro atoms. The summed E-state index contributed by atoms with van der Waals surface area (Å²) in [6.45, 7) is 7.04. The van der Waals surface area contributed by atoms with Gasteiger partial charge >= 0.3 is 0 Å². The van der Waals surface area contributed by atoms with Crippen LogP contribution in [0.1, 0.15) is 19.4 Å². The Labute approximate surface area is 188 Å². The Morgan fingerprint density at radius 2 is 2.03 bits per heavy atom. The second-order valence-electron chi connectivity index (χ2n) is 7.53. The molecule has 1 aromatic carbocycles. The summed E-state index contributed by atoms with van der Waals surface area (Å²) in [6, 6.07) is 11.8. The van der Waals surface area contributed by atoms with Crippen LogP contribution in [0.3, 0.4) is 0 Å². The average Bonchev–Trinajstić information content (AvgIpc) is 3.48. The number of rotatable bonds is 8. The SMILES string of the molecule is Cc1ccc(-c2csc(NC(=O)CSc3nnc(-c4ccco4)n3CC(C)C)n2)cc1. The van der Waals surface area contributed by atoms with Gasteiger partial charge in [-0.05, 0) is 25.0 Å². The molecule has 4 aromatic rings. The summed E-state index contributed by atoms with van der Waals surface area (Å²) in [6.07, 6.45) is 1.61. The van der Waals surface area contributed by atoms with Gasteiger partial charge in [-0.3, -0.25) is 9.36 Å². The highest BCUT2D eigenvalue weighted by molar-refractivity contribution is 7.99. The third kappa shape index (κ3) is 5.23. The number of carbonyl (C=O) groups is 1. The lowest BCUT2D eigenvalue weighted by Gasteiger charge is -2.11. The Kier molecular flexibility index (Phi) is 6.53. The summed E-state index contributed by atoms with van der Waals surface area (Å²) in [4.78, 5) is 17.0. The van der Waals surface area contributed by atoms with Crippen molar-refractivity contribution < 1.29 is 9.21 Å². The zero-order valence-electron chi connectivity index (χ0n) is 17.5. The molecule has 0 aliphatic rings. The number of thiazole rings is 1. The van der Waals surface area contributed by atoms with E-state index in [1.807, 2.05) is 53.3 Å². The van der Waals surface area contributed by atoms with Crippen LogP contribution in [0, 0.1) is 12.8 Å². The monoisotopic (exact) mass is 453 g/mol. The second-order valence-corrected chi connectivity index (χ2v) is 9.33. The Bertz CT molecular complexity index is 1150. The van der Waals surface area contributed by atoms with Gasteiger partial charge < -0.3 is 9.73 Å². The number of benzene rings is 1. The van der Waals surface area contributed by atoms with Crippen LogP contribution >= 0.6 is 23.1 Å². The first-order chi connectivity index (χ1) is 15.0. The van der Waals surface area contributed by atoms with Gasteiger partial charge in [-0.1, -0.05) is 55.4 Å². The molecule has 0 bridgehead atoms. The molecule has 1 N–H and O–H groups in total. The fraction of sp³-hybridized carbons (Fsp3) is 0.273. The van der Waals surface area contributed by atoms with Gasteiger partial charge in [-0.15, -0.1) is 21.5 Å². The Morgan fingerprint density at radius 3 is 2.74 bits per heavy atom. The lowest BCUT2D eigenvalue weighted by molar-refractivity contribution is -0.113. The van der Waals surface area contributed by atoms with Crippen LogP contribution in [0.15, 0.2) is 57.6 Å². The summed E-state index contributed by atoms with van der Waals surface area (Å²) in [5, 5.41) is 14.7. The van der Waals surface area contributed by atoms with Crippen molar-refractivity contribution in [3.63, 3.8) is 0 Å². The molecule has 160 valence electrons. The molecule has 0 saturated heterocycles. The summed E-state index contributed by atoms with van der Waals surface area (Å²) in [5.41, 5.74) is 3.08. The van der Waals surface area contributed by atoms with Crippen LogP contribution in [0.4, 0.5) is 5.13 Å². The summed E-state index contributed by atoms with van der Waals surface area (Å²) < 4.78 is 7.49. The quantitative estimate of drug-likeness (QED) is 0.362. The number of carbonyl (C=O) groups excluding carboxylic acids is 1. The molecule has 4 rings (SSSR count). The Balaban J connectivity index is 1.41. The number of thioether (sulfide) groups is 1. The van der Waals surface area contributed by atoms with Crippen LogP contribution in [-0.4, -0.2) is 31.4 Å². The molecular weight excluding hydrogens is 430 g/mol. The molecule has 7 nitrogen and oxygen atoms in total. The van der Waals surface area contributed by atoms with Gasteiger partial charge in [0.2, 0.25) is 5.91 Å². The average molecular weight is 454 g/mol. The molecular formula is C22H23N5O2S2. The lowest BCUT2D eigenvalue weighted by atomic mass is 10.1. The maximum Gasteiger partial charge on any atom is 0.236 e. The molecule has 31 heavy (non-hydrogen) atoms. The Morgan fingerprint density at radius 1 is 1.23 bits per heavy atom. The zero-order valence-corrected chi connectivity index (χ0v) is 19.2. The van der Waals surface area contributed by atoms with Crippen molar-refractivity contribution in [2.24, 2.45) is 5.92 Å². The highest BCUT2D eigenvalue weighted by Crippen LogP contribution is 2.27. The number of anilines is 1. The molecule has 0 atom stereocenters. The van der Waals surface area contributed by atoms with E-state index in [-0.39, 0.29) is 11.7 Å². The number of aromatic nitrogens is 4. The largest absolute Gasteiger partial charge is 0.461 e. The number of nitrogens with one attached hydrogen (secondary N) is 1. The predicted octanol–water partition coefficient (Wildman–Crippen LogP) is 5.36. The van der Waals surface area contributed by atoms with E-state index in [4.69, 9.17) is 4.42 Å². The third-order valence-electron chi connectivity index (χ3n) is 4.44. The smallest absolute Gasteiger partial charge is 0.236 e. The van der Waals surface area contributed by atoms with Crippen LogP contribution in [0.25, 0.3) is 22.8 Å². The number of amides is 1. The molecule has 9 heteroatoms. The number of hydrogen-bond acceptors (Lipinski definition) is 7. The van der Waals surface area contributed by atoms with Crippen LogP contribution in [0.5, 0.6) is 0 Å². The fourth-order valence-corrected chi connectivity index (χ4v) is 4.47. The van der Waals surface area contributed by atoms with Crippen LogP contribution in [-0.2, 0) is 11.3 Å². The topological polar surface area (TPSA) is 85.8 Å². The molecule has 0 aliphatic carbocycles. The van der Waals surface area contributed by atoms with Crippen LogP contribution in [0.2, 0.25) is 0 Å². The van der Waals surface area contributed by atoms with E-state index in [0.29, 0.717) is 27.8 Å². The molecule has 1 amide bonds. The molecule has 0 unspecified atom stereocenters. The van der Waals surface area contributed by atoms with Crippen molar-refractivity contribution in [1.29, 1.82) is 0 Å². The second kappa shape index (κ2) is 9.49. The number of nitrogens with zero attached hydrogens (tertiary/aromatic N) is 4. The molecule has 0 saturated carbocycles. The minimum absolute atomic E-state index is 0.131. The van der Waals surface area contributed by atoms with Crippen molar-refractivity contribution in [3.05, 3.63) is 53.6 Å². The van der Waals surface area contributed by atoms with E-state index in [9.17, 15) is 4.79 Å². The summed E-state index contributed by atoms with van der Waals surface area (Å²) >= 11 is 2.77. The van der Waals surface area contributed by atoms with Gasteiger partial charge in [0.25, 0.3) is 0 Å². The standard InChI is InChI=1S/C22H23N5O2S2/c1-14(2)11-27-20(18-5-4-10-29-18)25-26-22(27)31-13-19(28)24-21-23-17(12-30-21)16-8-6-15(3)7-9-16/h4-10,12,14H,11,13H2,1-3H3,(H,23,24,28). The Hall–Kier alpha value is -2.91.